The molecule has 1 N–H and O–H groups in total. The fraction of sp³-hybridized carbons (Fsp3) is 0.231. The number of benzene rings is 3. The molecule has 0 saturated carbocycles. The Morgan fingerprint density at radius 3 is 2.62 bits per heavy atom. The van der Waals surface area contributed by atoms with Crippen molar-refractivity contribution >= 4 is 40.7 Å². The zero-order valence-electron chi connectivity index (χ0n) is 18.6. The maximum atomic E-state index is 13.0. The number of ether oxygens (including phenoxy) is 2. The Balaban J connectivity index is 1.49. The zero-order valence-corrected chi connectivity index (χ0v) is 20.1. The Bertz CT molecular complexity index is 1190. The van der Waals surface area contributed by atoms with E-state index >= 15 is 0 Å². The molecule has 0 aliphatic carbocycles. The molecular weight excluding hydrogens is 475 g/mol. The number of hydrogen-bond acceptors (Lipinski definition) is 4. The van der Waals surface area contributed by atoms with Gasteiger partial charge in [-0.2, -0.15) is 0 Å². The monoisotopic (exact) mass is 498 g/mol. The molecule has 1 aliphatic rings. The molecule has 0 aromatic heterocycles. The fourth-order valence-corrected chi connectivity index (χ4v) is 3.96. The second-order valence-electron chi connectivity index (χ2n) is 7.84. The molecule has 2 amide bonds. The van der Waals surface area contributed by atoms with Crippen LogP contribution in [0, 0.1) is 0 Å². The van der Waals surface area contributed by atoms with E-state index in [2.05, 4.69) is 5.32 Å². The molecule has 176 valence electrons. The summed E-state index contributed by atoms with van der Waals surface area (Å²) in [4.78, 5) is 27.5. The summed E-state index contributed by atoms with van der Waals surface area (Å²) < 4.78 is 11.8. The van der Waals surface area contributed by atoms with Crippen molar-refractivity contribution in [1.82, 2.24) is 4.90 Å². The van der Waals surface area contributed by atoms with E-state index in [4.69, 9.17) is 32.7 Å². The molecule has 0 spiro atoms. The highest BCUT2D eigenvalue weighted by Gasteiger charge is 2.30. The van der Waals surface area contributed by atoms with E-state index < -0.39 is 6.10 Å². The molecule has 0 fully saturated rings. The number of hydrogen-bond donors (Lipinski definition) is 1. The number of anilines is 1. The van der Waals surface area contributed by atoms with Crippen molar-refractivity contribution in [2.24, 2.45) is 0 Å². The first-order valence-corrected chi connectivity index (χ1v) is 11.7. The largest absolute Gasteiger partial charge is 0.492 e. The van der Waals surface area contributed by atoms with Crippen LogP contribution in [0.3, 0.4) is 0 Å². The summed E-state index contributed by atoms with van der Waals surface area (Å²) in [5.74, 6) is 0.973. The van der Waals surface area contributed by atoms with Crippen molar-refractivity contribution in [3.63, 3.8) is 0 Å². The van der Waals surface area contributed by atoms with Gasteiger partial charge in [0.05, 0.1) is 16.6 Å². The first-order valence-electron chi connectivity index (χ1n) is 11.0. The van der Waals surface area contributed by atoms with E-state index in [-0.39, 0.29) is 11.8 Å². The highest BCUT2D eigenvalue weighted by Crippen LogP contribution is 2.30. The Morgan fingerprint density at radius 1 is 1.09 bits per heavy atom. The van der Waals surface area contributed by atoms with E-state index in [9.17, 15) is 9.59 Å². The Hall–Kier alpha value is -3.22. The summed E-state index contributed by atoms with van der Waals surface area (Å²) in [5, 5.41) is 3.56. The van der Waals surface area contributed by atoms with E-state index in [1.165, 1.54) is 6.07 Å². The SMILES string of the molecule is CC[C@H]1Oc2ccc(NC(=O)c3ccc(Cl)c(Cl)c3)cc2CN(CCOc2ccccc2)C1=O. The second-order valence-corrected chi connectivity index (χ2v) is 8.66. The first-order chi connectivity index (χ1) is 16.4. The molecule has 0 radical (unpaired) electrons. The zero-order chi connectivity index (χ0) is 24.1. The van der Waals surface area contributed by atoms with Crippen LogP contribution in [0.2, 0.25) is 10.0 Å². The smallest absolute Gasteiger partial charge is 0.264 e. The molecule has 1 aliphatic heterocycles. The molecule has 1 atom stereocenters. The van der Waals surface area contributed by atoms with Gasteiger partial charge in [0.25, 0.3) is 11.8 Å². The predicted octanol–water partition coefficient (Wildman–Crippen LogP) is 5.82. The van der Waals surface area contributed by atoms with Crippen LogP contribution in [0.25, 0.3) is 0 Å². The molecule has 3 aromatic rings. The van der Waals surface area contributed by atoms with Gasteiger partial charge in [-0.1, -0.05) is 48.3 Å². The van der Waals surface area contributed by atoms with Gasteiger partial charge in [0, 0.05) is 23.4 Å². The lowest BCUT2D eigenvalue weighted by Gasteiger charge is -2.23. The van der Waals surface area contributed by atoms with Crippen LogP contribution in [-0.2, 0) is 11.3 Å². The molecule has 6 nitrogen and oxygen atoms in total. The van der Waals surface area contributed by atoms with Gasteiger partial charge in [0.15, 0.2) is 6.10 Å². The average Bonchev–Trinajstić information content (AvgIpc) is 2.97. The molecule has 0 bridgehead atoms. The molecular formula is C26H24Cl2N2O4. The van der Waals surface area contributed by atoms with Gasteiger partial charge in [-0.05, 0) is 55.0 Å². The van der Waals surface area contributed by atoms with Crippen LogP contribution in [0.4, 0.5) is 5.69 Å². The summed E-state index contributed by atoms with van der Waals surface area (Å²) in [6.07, 6.45) is -0.0287. The molecule has 0 unspecified atom stereocenters. The quantitative estimate of drug-likeness (QED) is 0.445. The number of carbonyl (C=O) groups excluding carboxylic acids is 2. The van der Waals surface area contributed by atoms with E-state index in [1.807, 2.05) is 43.3 Å². The number of nitrogens with one attached hydrogen (secondary N) is 1. The molecule has 34 heavy (non-hydrogen) atoms. The Morgan fingerprint density at radius 2 is 1.88 bits per heavy atom. The summed E-state index contributed by atoms with van der Waals surface area (Å²) in [6.45, 7) is 3.03. The maximum absolute atomic E-state index is 13.0. The van der Waals surface area contributed by atoms with Gasteiger partial charge in [0.1, 0.15) is 18.1 Å². The Labute approximate surface area is 208 Å². The third-order valence-electron chi connectivity index (χ3n) is 5.46. The van der Waals surface area contributed by atoms with Gasteiger partial charge < -0.3 is 19.7 Å². The molecule has 3 aromatic carbocycles. The first kappa shape index (κ1) is 23.9. The van der Waals surface area contributed by atoms with Gasteiger partial charge >= 0.3 is 0 Å². The second kappa shape index (κ2) is 10.8. The topological polar surface area (TPSA) is 67.9 Å². The van der Waals surface area contributed by atoms with E-state index in [1.54, 1.807) is 29.2 Å². The molecule has 0 saturated heterocycles. The van der Waals surface area contributed by atoms with Crippen molar-refractivity contribution in [2.45, 2.75) is 26.0 Å². The lowest BCUT2D eigenvalue weighted by atomic mass is 10.1. The van der Waals surface area contributed by atoms with Gasteiger partial charge in [0.2, 0.25) is 0 Å². The number of carbonyl (C=O) groups is 2. The van der Waals surface area contributed by atoms with Crippen LogP contribution >= 0.6 is 23.2 Å². The van der Waals surface area contributed by atoms with Crippen LogP contribution < -0.4 is 14.8 Å². The minimum atomic E-state index is -0.574. The minimum Gasteiger partial charge on any atom is -0.492 e. The maximum Gasteiger partial charge on any atom is 0.264 e. The van der Waals surface area contributed by atoms with Gasteiger partial charge in [-0.25, -0.2) is 0 Å². The van der Waals surface area contributed by atoms with Crippen LogP contribution in [0.1, 0.15) is 29.3 Å². The molecule has 8 heteroatoms. The standard InChI is InChI=1S/C26H24Cl2N2O4/c1-2-23-26(32)30(12-13-33-20-6-4-3-5-7-20)16-18-14-19(9-11-24(18)34-23)29-25(31)17-8-10-21(27)22(28)15-17/h3-11,14-15,23H,2,12-13,16H2,1H3,(H,29,31)/t23-/m1/s1. The van der Waals surface area contributed by atoms with E-state index in [0.29, 0.717) is 53.2 Å². The number of para-hydroxylation sites is 1. The summed E-state index contributed by atoms with van der Waals surface area (Å²) in [5.41, 5.74) is 1.78. The minimum absolute atomic E-state index is 0.0863. The normalized spacial score (nSPS) is 15.2. The number of nitrogens with zero attached hydrogens (tertiary/aromatic N) is 1. The van der Waals surface area contributed by atoms with Gasteiger partial charge in [-0.15, -0.1) is 0 Å². The highest BCUT2D eigenvalue weighted by molar-refractivity contribution is 6.42. The van der Waals surface area contributed by atoms with Crippen LogP contribution in [-0.4, -0.2) is 36.0 Å². The fourth-order valence-electron chi connectivity index (χ4n) is 3.66. The Kier molecular flexibility index (Phi) is 7.60. The highest BCUT2D eigenvalue weighted by atomic mass is 35.5. The number of rotatable bonds is 7. The third-order valence-corrected chi connectivity index (χ3v) is 6.20. The van der Waals surface area contributed by atoms with Crippen molar-refractivity contribution in [3.8, 4) is 11.5 Å². The summed E-state index contributed by atoms with van der Waals surface area (Å²) in [6, 6.07) is 19.5. The number of halogens is 2. The molecule has 1 heterocycles. The van der Waals surface area contributed by atoms with Crippen molar-refractivity contribution in [3.05, 3.63) is 87.9 Å². The lowest BCUT2D eigenvalue weighted by molar-refractivity contribution is -0.138. The number of amides is 2. The van der Waals surface area contributed by atoms with Crippen LogP contribution in [0.5, 0.6) is 11.5 Å². The third kappa shape index (κ3) is 5.64. The lowest BCUT2D eigenvalue weighted by Crippen LogP contribution is -2.41. The number of fused-ring (bicyclic) bond motifs is 1. The van der Waals surface area contributed by atoms with Crippen LogP contribution in [0.15, 0.2) is 66.7 Å². The predicted molar refractivity (Wildman–Crippen MR) is 133 cm³/mol. The van der Waals surface area contributed by atoms with Gasteiger partial charge in [-0.3, -0.25) is 9.59 Å². The van der Waals surface area contributed by atoms with Crippen molar-refractivity contribution < 1.29 is 19.1 Å². The van der Waals surface area contributed by atoms with E-state index in [0.717, 1.165) is 11.3 Å². The van der Waals surface area contributed by atoms with Crippen molar-refractivity contribution in [1.29, 1.82) is 0 Å². The van der Waals surface area contributed by atoms with Crippen molar-refractivity contribution in [2.75, 3.05) is 18.5 Å². The average molecular weight is 499 g/mol. The summed E-state index contributed by atoms with van der Waals surface area (Å²) >= 11 is 12.0. The molecule has 4 rings (SSSR count). The summed E-state index contributed by atoms with van der Waals surface area (Å²) in [7, 11) is 0.